The molecule has 3 nitrogen and oxygen atoms in total. The molecule has 0 atom stereocenters. The summed E-state index contributed by atoms with van der Waals surface area (Å²) in [6, 6.07) is 2.22. The van der Waals surface area contributed by atoms with Crippen molar-refractivity contribution in [2.75, 3.05) is 0 Å². The number of aromatic nitrogens is 1. The largest absolute Gasteiger partial charge is 0.407 e. The highest BCUT2D eigenvalue weighted by Crippen LogP contribution is 2.19. The number of rotatable bonds is 3. The molecule has 0 bridgehead atoms. The average molecular weight is 227 g/mol. The minimum atomic E-state index is 0.470. The summed E-state index contributed by atoms with van der Waals surface area (Å²) in [5.41, 5.74) is 3.07. The Balaban J connectivity index is 1.81. The van der Waals surface area contributed by atoms with E-state index in [0.29, 0.717) is 16.8 Å². The molecule has 4 heteroatoms. The third-order valence-corrected chi connectivity index (χ3v) is 2.84. The van der Waals surface area contributed by atoms with Gasteiger partial charge in [-0.25, -0.2) is 0 Å². The summed E-state index contributed by atoms with van der Waals surface area (Å²) in [7, 11) is 0. The third-order valence-electron chi connectivity index (χ3n) is 2.63. The van der Waals surface area contributed by atoms with Crippen LogP contribution in [0.4, 0.5) is 0 Å². The summed E-state index contributed by atoms with van der Waals surface area (Å²) >= 11 is 5.80. The highest BCUT2D eigenvalue weighted by atomic mass is 35.5. The summed E-state index contributed by atoms with van der Waals surface area (Å²) in [4.78, 5) is 9.38. The van der Waals surface area contributed by atoms with E-state index in [9.17, 15) is 0 Å². The van der Waals surface area contributed by atoms with Crippen molar-refractivity contribution >= 4 is 11.6 Å². The summed E-state index contributed by atoms with van der Waals surface area (Å²) in [5, 5.41) is 0.595. The van der Waals surface area contributed by atoms with Crippen molar-refractivity contribution in [1.82, 2.24) is 10.5 Å². The molecular formula is C11H15ClN2O. The molecule has 2 rings (SSSR count). The number of pyridine rings is 1. The monoisotopic (exact) mass is 226 g/mol. The molecule has 1 saturated carbocycles. The van der Waals surface area contributed by atoms with Gasteiger partial charge in [-0.2, -0.15) is 5.48 Å². The Hall–Kier alpha value is -0.800. The molecule has 1 aliphatic rings. The highest BCUT2D eigenvalue weighted by Gasteiger charge is 2.13. The number of hydrogen-bond acceptors (Lipinski definition) is 3. The molecule has 0 spiro atoms. The summed E-state index contributed by atoms with van der Waals surface area (Å²) in [6.07, 6.45) is 9.54. The van der Waals surface area contributed by atoms with E-state index in [1.807, 2.05) is 0 Å². The van der Waals surface area contributed by atoms with Gasteiger partial charge in [-0.05, 0) is 12.8 Å². The standard InChI is InChI=1S/C11H15ClN2O/c12-9-6-11(8-13-7-9)15-14-10-4-2-1-3-5-10/h6-8,10,14H,1-5H2. The van der Waals surface area contributed by atoms with E-state index >= 15 is 0 Å². The molecule has 0 radical (unpaired) electrons. The topological polar surface area (TPSA) is 34.1 Å². The molecule has 0 saturated heterocycles. The zero-order valence-electron chi connectivity index (χ0n) is 8.58. The fraction of sp³-hybridized carbons (Fsp3) is 0.545. The molecule has 82 valence electrons. The molecule has 1 aliphatic carbocycles. The van der Waals surface area contributed by atoms with E-state index in [-0.39, 0.29) is 0 Å². The SMILES string of the molecule is Clc1cncc(ONC2CCCCC2)c1. The smallest absolute Gasteiger partial charge is 0.166 e. The van der Waals surface area contributed by atoms with Crippen LogP contribution >= 0.6 is 11.6 Å². The van der Waals surface area contributed by atoms with Gasteiger partial charge >= 0.3 is 0 Å². The molecule has 1 N–H and O–H groups in total. The van der Waals surface area contributed by atoms with Crippen molar-refractivity contribution in [1.29, 1.82) is 0 Å². The van der Waals surface area contributed by atoms with Crippen molar-refractivity contribution < 1.29 is 4.84 Å². The lowest BCUT2D eigenvalue weighted by atomic mass is 9.96. The first kappa shape index (κ1) is 10.7. The van der Waals surface area contributed by atoms with E-state index in [1.165, 1.54) is 32.1 Å². The van der Waals surface area contributed by atoms with Crippen LogP contribution in [-0.4, -0.2) is 11.0 Å². The number of nitrogens with zero attached hydrogens (tertiary/aromatic N) is 1. The normalized spacial score (nSPS) is 17.7. The first-order valence-corrected chi connectivity index (χ1v) is 5.75. The average Bonchev–Trinajstić information content (AvgIpc) is 2.28. The van der Waals surface area contributed by atoms with E-state index in [0.717, 1.165) is 0 Å². The Morgan fingerprint density at radius 3 is 2.80 bits per heavy atom. The summed E-state index contributed by atoms with van der Waals surface area (Å²) in [5.74, 6) is 0.674. The molecule has 15 heavy (non-hydrogen) atoms. The number of nitrogens with one attached hydrogen (secondary N) is 1. The van der Waals surface area contributed by atoms with Gasteiger partial charge in [-0.15, -0.1) is 0 Å². The lowest BCUT2D eigenvalue weighted by molar-refractivity contribution is 0.132. The quantitative estimate of drug-likeness (QED) is 0.805. The Labute approximate surface area is 94.8 Å². The minimum absolute atomic E-state index is 0.470. The molecule has 1 fully saturated rings. The van der Waals surface area contributed by atoms with Gasteiger partial charge in [0.1, 0.15) is 0 Å². The van der Waals surface area contributed by atoms with Gasteiger partial charge in [0, 0.05) is 18.3 Å². The highest BCUT2D eigenvalue weighted by molar-refractivity contribution is 6.30. The van der Waals surface area contributed by atoms with E-state index in [2.05, 4.69) is 10.5 Å². The maximum absolute atomic E-state index is 5.80. The molecule has 0 aliphatic heterocycles. The van der Waals surface area contributed by atoms with Crippen molar-refractivity contribution in [2.24, 2.45) is 0 Å². The van der Waals surface area contributed by atoms with Crippen LogP contribution in [0.2, 0.25) is 5.02 Å². The fourth-order valence-corrected chi connectivity index (χ4v) is 1.98. The van der Waals surface area contributed by atoms with Gasteiger partial charge in [0.2, 0.25) is 0 Å². The Kier molecular flexibility index (Phi) is 3.80. The van der Waals surface area contributed by atoms with Gasteiger partial charge in [0.25, 0.3) is 0 Å². The molecule has 1 aromatic rings. The molecular weight excluding hydrogens is 212 g/mol. The van der Waals surface area contributed by atoms with Gasteiger partial charge in [0.05, 0.1) is 11.2 Å². The van der Waals surface area contributed by atoms with Crippen LogP contribution in [0.25, 0.3) is 0 Å². The van der Waals surface area contributed by atoms with Gasteiger partial charge in [-0.3, -0.25) is 4.98 Å². The molecule has 1 aromatic heterocycles. The maximum Gasteiger partial charge on any atom is 0.166 e. The van der Waals surface area contributed by atoms with Crippen LogP contribution < -0.4 is 10.3 Å². The summed E-state index contributed by atoms with van der Waals surface area (Å²) < 4.78 is 0. The molecule has 0 aromatic carbocycles. The third kappa shape index (κ3) is 3.36. The molecule has 0 unspecified atom stereocenters. The van der Waals surface area contributed by atoms with E-state index < -0.39 is 0 Å². The van der Waals surface area contributed by atoms with Crippen LogP contribution in [-0.2, 0) is 0 Å². The second kappa shape index (κ2) is 5.33. The van der Waals surface area contributed by atoms with Crippen LogP contribution in [0.3, 0.4) is 0 Å². The van der Waals surface area contributed by atoms with Crippen molar-refractivity contribution in [2.45, 2.75) is 38.1 Å². The lowest BCUT2D eigenvalue weighted by Crippen LogP contribution is -2.33. The molecule has 0 amide bonds. The van der Waals surface area contributed by atoms with Crippen LogP contribution in [0.15, 0.2) is 18.5 Å². The Bertz CT molecular complexity index is 313. The zero-order chi connectivity index (χ0) is 10.5. The van der Waals surface area contributed by atoms with Crippen LogP contribution in [0.1, 0.15) is 32.1 Å². The van der Waals surface area contributed by atoms with Gasteiger partial charge in [0.15, 0.2) is 5.75 Å². The molecule has 1 heterocycles. The first-order chi connectivity index (χ1) is 7.34. The predicted molar refractivity (Wildman–Crippen MR) is 59.9 cm³/mol. The van der Waals surface area contributed by atoms with Gasteiger partial charge < -0.3 is 4.84 Å². The first-order valence-electron chi connectivity index (χ1n) is 5.37. The van der Waals surface area contributed by atoms with Crippen LogP contribution in [0, 0.1) is 0 Å². The Morgan fingerprint density at radius 2 is 2.07 bits per heavy atom. The number of hydrogen-bond donors (Lipinski definition) is 1. The predicted octanol–water partition coefficient (Wildman–Crippen LogP) is 2.95. The zero-order valence-corrected chi connectivity index (χ0v) is 9.33. The fourth-order valence-electron chi connectivity index (χ4n) is 1.82. The van der Waals surface area contributed by atoms with E-state index in [1.54, 1.807) is 18.5 Å². The van der Waals surface area contributed by atoms with Crippen LogP contribution in [0.5, 0.6) is 5.75 Å². The second-order valence-electron chi connectivity index (χ2n) is 3.89. The maximum atomic E-state index is 5.80. The van der Waals surface area contributed by atoms with Crippen molar-refractivity contribution in [3.63, 3.8) is 0 Å². The van der Waals surface area contributed by atoms with Crippen molar-refractivity contribution in [3.8, 4) is 5.75 Å². The number of halogens is 1. The Morgan fingerprint density at radius 1 is 1.27 bits per heavy atom. The minimum Gasteiger partial charge on any atom is -0.407 e. The van der Waals surface area contributed by atoms with E-state index in [4.69, 9.17) is 16.4 Å². The second-order valence-corrected chi connectivity index (χ2v) is 4.33. The van der Waals surface area contributed by atoms with Gasteiger partial charge in [-0.1, -0.05) is 30.9 Å². The summed E-state index contributed by atoms with van der Waals surface area (Å²) in [6.45, 7) is 0. The lowest BCUT2D eigenvalue weighted by Gasteiger charge is -2.22. The number of hydroxylamine groups is 1. The van der Waals surface area contributed by atoms with Crippen molar-refractivity contribution in [3.05, 3.63) is 23.5 Å².